The molecule has 4 nitrogen and oxygen atoms in total. The molecule has 3 rings (SSSR count). The van der Waals surface area contributed by atoms with Gasteiger partial charge in [-0.3, -0.25) is 0 Å². The van der Waals surface area contributed by atoms with Crippen molar-refractivity contribution in [2.75, 3.05) is 11.9 Å². The van der Waals surface area contributed by atoms with Gasteiger partial charge >= 0.3 is 5.97 Å². The van der Waals surface area contributed by atoms with E-state index in [0.29, 0.717) is 28.0 Å². The molecule has 0 amide bonds. The number of ether oxygens (including phenoxy) is 1. The van der Waals surface area contributed by atoms with E-state index in [2.05, 4.69) is 41.8 Å². The Morgan fingerprint density at radius 1 is 1.21 bits per heavy atom. The first-order valence-electron chi connectivity index (χ1n) is 9.57. The molecule has 1 saturated carbocycles. The fraction of sp³-hybridized carbons (Fsp3) is 0.364. The zero-order chi connectivity index (χ0) is 20.1. The molecular formula is C22H25ClN2O2S. The summed E-state index contributed by atoms with van der Waals surface area (Å²) in [4.78, 5) is 12.1. The Morgan fingerprint density at radius 3 is 2.61 bits per heavy atom. The summed E-state index contributed by atoms with van der Waals surface area (Å²) in [6.07, 6.45) is 4.40. The number of esters is 1. The average molecular weight is 417 g/mol. The van der Waals surface area contributed by atoms with Gasteiger partial charge in [0.15, 0.2) is 5.11 Å². The summed E-state index contributed by atoms with van der Waals surface area (Å²) in [6.45, 7) is 4.20. The van der Waals surface area contributed by atoms with E-state index in [9.17, 15) is 4.79 Å². The van der Waals surface area contributed by atoms with Crippen LogP contribution in [0.5, 0.6) is 0 Å². The highest BCUT2D eigenvalue weighted by Crippen LogP contribution is 2.40. The lowest BCUT2D eigenvalue weighted by molar-refractivity contribution is 0.0526. The summed E-state index contributed by atoms with van der Waals surface area (Å²) < 4.78 is 5.06. The van der Waals surface area contributed by atoms with Crippen molar-refractivity contribution in [3.05, 3.63) is 64.2 Å². The Bertz CT molecular complexity index is 879. The molecular weight excluding hydrogens is 392 g/mol. The van der Waals surface area contributed by atoms with Crippen LogP contribution < -0.4 is 10.6 Å². The summed E-state index contributed by atoms with van der Waals surface area (Å²) in [7, 11) is 0. The Hall–Kier alpha value is -2.11. The topological polar surface area (TPSA) is 50.4 Å². The minimum absolute atomic E-state index is 0.161. The highest BCUT2D eigenvalue weighted by Gasteiger charge is 2.37. The zero-order valence-electron chi connectivity index (χ0n) is 16.2. The monoisotopic (exact) mass is 416 g/mol. The van der Waals surface area contributed by atoms with E-state index in [1.54, 1.807) is 25.1 Å². The average Bonchev–Trinajstić information content (AvgIpc) is 3.13. The Morgan fingerprint density at radius 2 is 1.93 bits per heavy atom. The van der Waals surface area contributed by atoms with Crippen molar-refractivity contribution in [3.63, 3.8) is 0 Å². The van der Waals surface area contributed by atoms with Gasteiger partial charge in [-0.25, -0.2) is 4.79 Å². The van der Waals surface area contributed by atoms with Gasteiger partial charge in [0.2, 0.25) is 0 Å². The summed E-state index contributed by atoms with van der Waals surface area (Å²) in [5.74, 6) is -0.442. The molecule has 2 N–H and O–H groups in total. The van der Waals surface area contributed by atoms with Gasteiger partial charge in [0.1, 0.15) is 0 Å². The van der Waals surface area contributed by atoms with Gasteiger partial charge in [0.25, 0.3) is 0 Å². The molecule has 0 radical (unpaired) electrons. The van der Waals surface area contributed by atoms with Crippen LogP contribution in [0.2, 0.25) is 5.02 Å². The fourth-order valence-corrected chi connectivity index (χ4v) is 4.41. The quantitative estimate of drug-likeness (QED) is 0.492. The van der Waals surface area contributed by atoms with Crippen molar-refractivity contribution in [3.8, 4) is 0 Å². The maximum Gasteiger partial charge on any atom is 0.339 e. The maximum absolute atomic E-state index is 12.1. The van der Waals surface area contributed by atoms with Crippen molar-refractivity contribution in [1.29, 1.82) is 0 Å². The van der Waals surface area contributed by atoms with Gasteiger partial charge in [-0.1, -0.05) is 48.7 Å². The lowest BCUT2D eigenvalue weighted by Gasteiger charge is -2.34. The number of rotatable bonds is 5. The molecule has 28 heavy (non-hydrogen) atoms. The molecule has 0 aliphatic heterocycles. The van der Waals surface area contributed by atoms with Crippen molar-refractivity contribution in [1.82, 2.24) is 5.32 Å². The van der Waals surface area contributed by atoms with Gasteiger partial charge in [0, 0.05) is 5.69 Å². The molecule has 1 aliphatic carbocycles. The molecule has 0 unspecified atom stereocenters. The summed E-state index contributed by atoms with van der Waals surface area (Å²) in [6, 6.07) is 13.6. The van der Waals surface area contributed by atoms with Crippen LogP contribution in [0, 0.1) is 6.92 Å². The van der Waals surface area contributed by atoms with E-state index < -0.39 is 5.97 Å². The highest BCUT2D eigenvalue weighted by atomic mass is 35.5. The number of anilines is 1. The van der Waals surface area contributed by atoms with E-state index in [1.807, 2.05) is 0 Å². The molecule has 0 bridgehead atoms. The molecule has 0 aromatic heterocycles. The van der Waals surface area contributed by atoms with Crippen LogP contribution >= 0.6 is 23.8 Å². The van der Waals surface area contributed by atoms with Gasteiger partial charge in [-0.2, -0.15) is 0 Å². The van der Waals surface area contributed by atoms with Gasteiger partial charge in [0.05, 0.1) is 22.7 Å². The number of benzene rings is 2. The third-order valence-corrected chi connectivity index (χ3v) is 5.72. The second-order valence-corrected chi connectivity index (χ2v) is 7.91. The van der Waals surface area contributed by atoms with Gasteiger partial charge in [-0.05, 0) is 68.2 Å². The minimum Gasteiger partial charge on any atom is -0.462 e. The van der Waals surface area contributed by atoms with Crippen molar-refractivity contribution in [2.24, 2.45) is 0 Å². The van der Waals surface area contributed by atoms with E-state index in [4.69, 9.17) is 28.6 Å². The van der Waals surface area contributed by atoms with Gasteiger partial charge < -0.3 is 15.4 Å². The first-order chi connectivity index (χ1) is 13.4. The van der Waals surface area contributed by atoms with Crippen LogP contribution in [-0.2, 0) is 10.3 Å². The summed E-state index contributed by atoms with van der Waals surface area (Å²) in [5.41, 5.74) is 3.41. The SMILES string of the molecule is CCOC(=O)c1cc(NC(=S)NC2(c3ccccc3C)CCCC2)ccc1Cl. The maximum atomic E-state index is 12.1. The minimum atomic E-state index is -0.442. The third-order valence-electron chi connectivity index (χ3n) is 5.19. The van der Waals surface area contributed by atoms with Crippen molar-refractivity contribution < 1.29 is 9.53 Å². The fourth-order valence-electron chi connectivity index (χ4n) is 3.90. The summed E-state index contributed by atoms with van der Waals surface area (Å²) in [5, 5.41) is 7.65. The lowest BCUT2D eigenvalue weighted by Crippen LogP contribution is -2.46. The second-order valence-electron chi connectivity index (χ2n) is 7.10. The first kappa shape index (κ1) is 20.6. The second kappa shape index (κ2) is 8.93. The number of halogens is 1. The lowest BCUT2D eigenvalue weighted by atomic mass is 9.85. The van der Waals surface area contributed by atoms with E-state index in [0.717, 1.165) is 25.7 Å². The smallest absolute Gasteiger partial charge is 0.339 e. The molecule has 6 heteroatoms. The van der Waals surface area contributed by atoms with Crippen molar-refractivity contribution >= 4 is 40.6 Å². The number of hydrogen-bond donors (Lipinski definition) is 2. The van der Waals surface area contributed by atoms with Crippen LogP contribution in [0.25, 0.3) is 0 Å². The van der Waals surface area contributed by atoms with Crippen LogP contribution in [0.3, 0.4) is 0 Å². The predicted molar refractivity (Wildman–Crippen MR) is 118 cm³/mol. The normalized spacial score (nSPS) is 15.1. The molecule has 0 heterocycles. The zero-order valence-corrected chi connectivity index (χ0v) is 17.8. The molecule has 0 atom stereocenters. The largest absolute Gasteiger partial charge is 0.462 e. The van der Waals surface area contributed by atoms with Crippen LogP contribution in [0.4, 0.5) is 5.69 Å². The number of carbonyl (C=O) groups excluding carboxylic acids is 1. The number of carbonyl (C=O) groups is 1. The highest BCUT2D eigenvalue weighted by molar-refractivity contribution is 7.80. The van der Waals surface area contributed by atoms with E-state index in [-0.39, 0.29) is 5.54 Å². The number of thiocarbonyl (C=S) groups is 1. The van der Waals surface area contributed by atoms with Crippen LogP contribution in [0.15, 0.2) is 42.5 Å². The van der Waals surface area contributed by atoms with Crippen LogP contribution in [0.1, 0.15) is 54.1 Å². The third kappa shape index (κ3) is 4.47. The summed E-state index contributed by atoms with van der Waals surface area (Å²) >= 11 is 11.8. The van der Waals surface area contributed by atoms with Crippen molar-refractivity contribution in [2.45, 2.75) is 45.1 Å². The molecule has 148 valence electrons. The molecule has 1 aliphatic rings. The standard InChI is InChI=1S/C22H25ClN2O2S/c1-3-27-20(26)17-14-16(10-11-19(17)23)24-21(28)25-22(12-6-7-13-22)18-9-5-4-8-15(18)2/h4-5,8-11,14H,3,6-7,12-13H2,1-2H3,(H2,24,25,28). The van der Waals surface area contributed by atoms with Crippen LogP contribution in [-0.4, -0.2) is 17.7 Å². The number of hydrogen-bond acceptors (Lipinski definition) is 3. The Kier molecular flexibility index (Phi) is 6.57. The number of nitrogens with one attached hydrogen (secondary N) is 2. The molecule has 0 saturated heterocycles. The Balaban J connectivity index is 1.79. The predicted octanol–water partition coefficient (Wildman–Crippen LogP) is 5.58. The van der Waals surface area contributed by atoms with Gasteiger partial charge in [-0.15, -0.1) is 0 Å². The van der Waals surface area contributed by atoms with E-state index in [1.165, 1.54) is 11.1 Å². The Labute approximate surface area is 176 Å². The molecule has 2 aromatic rings. The molecule has 1 fully saturated rings. The molecule has 2 aromatic carbocycles. The van der Waals surface area contributed by atoms with E-state index >= 15 is 0 Å². The molecule has 0 spiro atoms. The number of aryl methyl sites for hydroxylation is 1. The first-order valence-corrected chi connectivity index (χ1v) is 10.4.